The van der Waals surface area contributed by atoms with Crippen LogP contribution in [0.25, 0.3) is 5.69 Å². The van der Waals surface area contributed by atoms with Crippen LogP contribution in [0.2, 0.25) is 0 Å². The van der Waals surface area contributed by atoms with Gasteiger partial charge in [0.1, 0.15) is 18.4 Å². The van der Waals surface area contributed by atoms with Gasteiger partial charge >= 0.3 is 0 Å². The maximum Gasteiger partial charge on any atom is 0.223 e. The lowest BCUT2D eigenvalue weighted by Gasteiger charge is -2.25. The van der Waals surface area contributed by atoms with Crippen molar-refractivity contribution in [2.75, 3.05) is 13.7 Å². The average Bonchev–Trinajstić information content (AvgIpc) is 3.35. The number of Topliss-reactive ketones (excluding diaryl/α,β-unsaturated/α-hetero) is 1. The van der Waals surface area contributed by atoms with Gasteiger partial charge in [0.15, 0.2) is 5.78 Å². The Bertz CT molecular complexity index is 983. The first-order chi connectivity index (χ1) is 15.0. The van der Waals surface area contributed by atoms with Gasteiger partial charge in [-0.05, 0) is 55.3 Å². The molecule has 31 heavy (non-hydrogen) atoms. The highest BCUT2D eigenvalue weighted by Crippen LogP contribution is 2.22. The fraction of sp³-hybridized carbons (Fsp3) is 0.333. The maximum absolute atomic E-state index is 12.7. The molecule has 3 aromatic rings. The molecule has 0 saturated heterocycles. The predicted octanol–water partition coefficient (Wildman–Crippen LogP) is 4.24. The van der Waals surface area contributed by atoms with Gasteiger partial charge in [0.05, 0.1) is 18.3 Å². The van der Waals surface area contributed by atoms with Gasteiger partial charge in [-0.3, -0.25) is 9.59 Å². The Kier molecular flexibility index (Phi) is 7.54. The van der Waals surface area contributed by atoms with Gasteiger partial charge in [-0.2, -0.15) is 5.10 Å². The van der Waals surface area contributed by atoms with Crippen LogP contribution < -0.4 is 4.74 Å². The molecule has 162 valence electrons. The minimum absolute atomic E-state index is 0.0476. The highest BCUT2D eigenvalue weighted by atomic mass is 16.5. The molecule has 1 atom stereocenters. The molecule has 0 bridgehead atoms. The standard InChI is InChI=1S/C24H28N4O3/c1-4-15-31-22-11-7-20(8-12-22)23(29)13-14-24(30)27(3)18(2)19-5-9-21(10-6-19)28-17-25-16-26-28/h5-12,16-18H,4,13-15H2,1-3H3/t18-/m0/s1. The van der Waals surface area contributed by atoms with E-state index in [2.05, 4.69) is 10.1 Å². The number of rotatable bonds is 10. The third-order valence-electron chi connectivity index (χ3n) is 5.25. The van der Waals surface area contributed by atoms with Crippen molar-refractivity contribution in [3.8, 4) is 11.4 Å². The normalized spacial score (nSPS) is 11.7. The Labute approximate surface area is 182 Å². The summed E-state index contributed by atoms with van der Waals surface area (Å²) < 4.78 is 7.21. The van der Waals surface area contributed by atoms with E-state index < -0.39 is 0 Å². The Balaban J connectivity index is 1.53. The first kappa shape index (κ1) is 22.2. The molecule has 0 radical (unpaired) electrons. The molecule has 0 saturated carbocycles. The number of hydrogen-bond donors (Lipinski definition) is 0. The lowest BCUT2D eigenvalue weighted by molar-refractivity contribution is -0.131. The van der Waals surface area contributed by atoms with Crippen LogP contribution in [0, 0.1) is 0 Å². The van der Waals surface area contributed by atoms with Crippen LogP contribution >= 0.6 is 0 Å². The molecule has 3 rings (SSSR count). The summed E-state index contributed by atoms with van der Waals surface area (Å²) in [5.74, 6) is 0.635. The second-order valence-corrected chi connectivity index (χ2v) is 7.41. The molecule has 0 fully saturated rings. The number of ketones is 1. The number of nitrogens with zero attached hydrogens (tertiary/aromatic N) is 4. The highest BCUT2D eigenvalue weighted by molar-refractivity contribution is 5.98. The number of carbonyl (C=O) groups is 2. The van der Waals surface area contributed by atoms with E-state index in [0.29, 0.717) is 12.2 Å². The summed E-state index contributed by atoms with van der Waals surface area (Å²) in [7, 11) is 1.77. The fourth-order valence-electron chi connectivity index (χ4n) is 3.18. The summed E-state index contributed by atoms with van der Waals surface area (Å²) in [5.41, 5.74) is 2.50. The Morgan fingerprint density at radius 2 is 1.77 bits per heavy atom. The van der Waals surface area contributed by atoms with Crippen molar-refractivity contribution in [3.05, 3.63) is 72.3 Å². The smallest absolute Gasteiger partial charge is 0.223 e. The van der Waals surface area contributed by atoms with Crippen molar-refractivity contribution < 1.29 is 14.3 Å². The monoisotopic (exact) mass is 420 g/mol. The van der Waals surface area contributed by atoms with Crippen LogP contribution in [0.3, 0.4) is 0 Å². The number of carbonyl (C=O) groups excluding carboxylic acids is 2. The van der Waals surface area contributed by atoms with Crippen LogP contribution in [0.5, 0.6) is 5.75 Å². The van der Waals surface area contributed by atoms with E-state index >= 15 is 0 Å². The summed E-state index contributed by atoms with van der Waals surface area (Å²) in [5, 5.41) is 4.11. The second kappa shape index (κ2) is 10.5. The minimum Gasteiger partial charge on any atom is -0.494 e. The molecule has 2 aromatic carbocycles. The zero-order chi connectivity index (χ0) is 22.2. The topological polar surface area (TPSA) is 77.3 Å². The van der Waals surface area contributed by atoms with E-state index in [-0.39, 0.29) is 30.6 Å². The van der Waals surface area contributed by atoms with Gasteiger partial charge in [0, 0.05) is 25.5 Å². The van der Waals surface area contributed by atoms with Crippen molar-refractivity contribution in [2.24, 2.45) is 0 Å². The van der Waals surface area contributed by atoms with E-state index in [9.17, 15) is 9.59 Å². The number of benzene rings is 2. The largest absolute Gasteiger partial charge is 0.494 e. The van der Waals surface area contributed by atoms with Crippen LogP contribution in [-0.4, -0.2) is 45.0 Å². The Morgan fingerprint density at radius 1 is 1.06 bits per heavy atom. The molecule has 0 aliphatic heterocycles. The summed E-state index contributed by atoms with van der Waals surface area (Å²) in [4.78, 5) is 30.7. The molecule has 0 aliphatic rings. The Hall–Kier alpha value is -3.48. The van der Waals surface area contributed by atoms with E-state index in [0.717, 1.165) is 23.4 Å². The van der Waals surface area contributed by atoms with Crippen molar-refractivity contribution in [1.82, 2.24) is 19.7 Å². The van der Waals surface area contributed by atoms with Crippen LogP contribution in [0.15, 0.2) is 61.2 Å². The summed E-state index contributed by atoms with van der Waals surface area (Å²) >= 11 is 0. The van der Waals surface area contributed by atoms with Crippen LogP contribution in [0.1, 0.15) is 55.1 Å². The molecule has 0 N–H and O–H groups in total. The number of aromatic nitrogens is 3. The van der Waals surface area contributed by atoms with Gasteiger partial charge in [-0.1, -0.05) is 19.1 Å². The molecule has 7 heteroatoms. The van der Waals surface area contributed by atoms with Crippen molar-refractivity contribution in [2.45, 2.75) is 39.2 Å². The van der Waals surface area contributed by atoms with E-state index in [4.69, 9.17) is 4.74 Å². The quantitative estimate of drug-likeness (QED) is 0.459. The van der Waals surface area contributed by atoms with E-state index in [1.54, 1.807) is 47.2 Å². The maximum atomic E-state index is 12.7. The zero-order valence-electron chi connectivity index (χ0n) is 18.2. The van der Waals surface area contributed by atoms with Gasteiger partial charge in [0.2, 0.25) is 5.91 Å². The highest BCUT2D eigenvalue weighted by Gasteiger charge is 2.19. The predicted molar refractivity (Wildman–Crippen MR) is 118 cm³/mol. The Morgan fingerprint density at radius 3 is 2.39 bits per heavy atom. The molecule has 1 heterocycles. The number of ether oxygens (including phenoxy) is 1. The molecule has 1 aromatic heterocycles. The summed E-state index contributed by atoms with van der Waals surface area (Å²) in [6, 6.07) is 14.8. The van der Waals surface area contributed by atoms with Crippen LogP contribution in [-0.2, 0) is 4.79 Å². The van der Waals surface area contributed by atoms with E-state index in [1.165, 1.54) is 6.33 Å². The second-order valence-electron chi connectivity index (χ2n) is 7.41. The third kappa shape index (κ3) is 5.78. The SMILES string of the molecule is CCCOc1ccc(C(=O)CCC(=O)N(C)[C@@H](C)c2ccc(-n3cncn3)cc2)cc1. The van der Waals surface area contributed by atoms with Crippen molar-refractivity contribution >= 4 is 11.7 Å². The van der Waals surface area contributed by atoms with E-state index in [1.807, 2.05) is 38.1 Å². The molecule has 7 nitrogen and oxygen atoms in total. The number of hydrogen-bond acceptors (Lipinski definition) is 5. The van der Waals surface area contributed by atoms with Gasteiger partial charge in [0.25, 0.3) is 0 Å². The molecule has 0 unspecified atom stereocenters. The third-order valence-corrected chi connectivity index (χ3v) is 5.25. The number of amides is 1. The minimum atomic E-state index is -0.109. The first-order valence-corrected chi connectivity index (χ1v) is 10.5. The first-order valence-electron chi connectivity index (χ1n) is 10.5. The van der Waals surface area contributed by atoms with Crippen molar-refractivity contribution in [1.29, 1.82) is 0 Å². The molecule has 1 amide bonds. The average molecular weight is 421 g/mol. The molecule has 0 aliphatic carbocycles. The van der Waals surface area contributed by atoms with Crippen LogP contribution in [0.4, 0.5) is 0 Å². The fourth-order valence-corrected chi connectivity index (χ4v) is 3.18. The summed E-state index contributed by atoms with van der Waals surface area (Å²) in [6.45, 7) is 4.66. The lowest BCUT2D eigenvalue weighted by Crippen LogP contribution is -2.29. The molecular weight excluding hydrogens is 392 g/mol. The molecular formula is C24H28N4O3. The van der Waals surface area contributed by atoms with Gasteiger partial charge in [-0.25, -0.2) is 9.67 Å². The lowest BCUT2D eigenvalue weighted by atomic mass is 10.0. The van der Waals surface area contributed by atoms with Crippen molar-refractivity contribution in [3.63, 3.8) is 0 Å². The van der Waals surface area contributed by atoms with Gasteiger partial charge in [-0.15, -0.1) is 0 Å². The van der Waals surface area contributed by atoms with Gasteiger partial charge < -0.3 is 9.64 Å². The zero-order valence-corrected chi connectivity index (χ0v) is 18.2. The molecule has 0 spiro atoms. The summed E-state index contributed by atoms with van der Waals surface area (Å²) in [6.07, 6.45) is 4.40.